The first-order valence-corrected chi connectivity index (χ1v) is 5.01. The van der Waals surface area contributed by atoms with Crippen LogP contribution in [-0.4, -0.2) is 12.5 Å². The first-order chi connectivity index (χ1) is 7.13. The summed E-state index contributed by atoms with van der Waals surface area (Å²) in [6, 6.07) is 6.64. The highest BCUT2D eigenvalue weighted by atomic mass is 35.5. The van der Waals surface area contributed by atoms with Crippen LogP contribution in [-0.2, 0) is 11.2 Å². The molecule has 1 rings (SSSR count). The lowest BCUT2D eigenvalue weighted by Gasteiger charge is -2.04. The lowest BCUT2D eigenvalue weighted by atomic mass is 10.1. The topological polar surface area (TPSA) is 52.9 Å². The highest BCUT2D eigenvalue weighted by Gasteiger charge is 2.02. The Balaban J connectivity index is 2.52. The van der Waals surface area contributed by atoms with E-state index in [2.05, 4.69) is 5.32 Å². The van der Waals surface area contributed by atoms with Crippen LogP contribution in [0, 0.1) is 11.3 Å². The summed E-state index contributed by atoms with van der Waals surface area (Å²) in [4.78, 5) is 10.6. The van der Waals surface area contributed by atoms with Crippen molar-refractivity contribution in [2.75, 3.05) is 6.54 Å². The van der Waals surface area contributed by atoms with Gasteiger partial charge in [0.05, 0.1) is 0 Å². The zero-order valence-electron chi connectivity index (χ0n) is 7.76. The lowest BCUT2D eigenvalue weighted by molar-refractivity contribution is -0.115. The van der Waals surface area contributed by atoms with Gasteiger partial charge in [-0.05, 0) is 24.1 Å². The van der Waals surface area contributed by atoms with Gasteiger partial charge in [-0.15, -0.1) is 0 Å². The molecule has 3 nitrogen and oxygen atoms in total. The highest BCUT2D eigenvalue weighted by Crippen LogP contribution is 2.20. The average Bonchev–Trinajstić information content (AvgIpc) is 2.21. The van der Waals surface area contributed by atoms with Crippen molar-refractivity contribution in [1.29, 1.82) is 5.26 Å². The van der Waals surface area contributed by atoms with Crippen molar-refractivity contribution in [2.45, 2.75) is 6.42 Å². The van der Waals surface area contributed by atoms with Crippen LogP contribution in [0.3, 0.4) is 0 Å². The molecule has 5 heteroatoms. The van der Waals surface area contributed by atoms with Gasteiger partial charge in [0.25, 0.3) is 0 Å². The minimum absolute atomic E-state index is 0.383. The van der Waals surface area contributed by atoms with Crippen molar-refractivity contribution in [3.05, 3.63) is 33.8 Å². The minimum atomic E-state index is -0.639. The molecular weight excluding hydrogens is 235 g/mol. The van der Waals surface area contributed by atoms with Crippen LogP contribution in [0.4, 0.5) is 0 Å². The molecule has 0 aromatic heterocycles. The number of benzene rings is 1. The molecule has 0 fully saturated rings. The molecule has 0 heterocycles. The fourth-order valence-corrected chi connectivity index (χ4v) is 1.58. The third kappa shape index (κ3) is 3.78. The van der Waals surface area contributed by atoms with Gasteiger partial charge in [0.15, 0.2) is 6.07 Å². The summed E-state index contributed by atoms with van der Waals surface area (Å²) in [5.41, 5.74) is 0.888. The standard InChI is InChI=1S/C10H8Cl2N2O/c11-8-2-1-7(9(12)5-8)3-4-14-10(15)6-13/h1-2,5H,3-4H2,(H,14,15). The molecule has 1 amide bonds. The number of nitriles is 1. The maximum absolute atomic E-state index is 10.6. The van der Waals surface area contributed by atoms with Crippen LogP contribution in [0.1, 0.15) is 5.56 Å². The van der Waals surface area contributed by atoms with Crippen molar-refractivity contribution >= 4 is 29.1 Å². The second-order valence-corrected chi connectivity index (χ2v) is 3.70. The van der Waals surface area contributed by atoms with Crippen molar-refractivity contribution < 1.29 is 4.79 Å². The third-order valence-electron chi connectivity index (χ3n) is 1.80. The number of hydrogen-bond donors (Lipinski definition) is 1. The molecule has 1 N–H and O–H groups in total. The van der Waals surface area contributed by atoms with Gasteiger partial charge in [0.1, 0.15) is 0 Å². The number of halogens is 2. The largest absolute Gasteiger partial charge is 0.343 e. The van der Waals surface area contributed by atoms with Gasteiger partial charge >= 0.3 is 5.91 Å². The normalized spacial score (nSPS) is 9.40. The van der Waals surface area contributed by atoms with Crippen LogP contribution < -0.4 is 5.32 Å². The number of rotatable bonds is 3. The van der Waals surface area contributed by atoms with Gasteiger partial charge in [0, 0.05) is 16.6 Å². The van der Waals surface area contributed by atoms with E-state index in [0.717, 1.165) is 5.56 Å². The highest BCUT2D eigenvalue weighted by molar-refractivity contribution is 6.35. The molecule has 0 aliphatic carbocycles. The summed E-state index contributed by atoms with van der Waals surface area (Å²) in [5.74, 6) is -0.639. The maximum atomic E-state index is 10.6. The molecule has 0 saturated heterocycles. The summed E-state index contributed by atoms with van der Waals surface area (Å²) in [5, 5.41) is 11.8. The van der Waals surface area contributed by atoms with Crippen LogP contribution in [0.25, 0.3) is 0 Å². The first kappa shape index (κ1) is 11.8. The van der Waals surface area contributed by atoms with Crippen LogP contribution in [0.15, 0.2) is 18.2 Å². The van der Waals surface area contributed by atoms with E-state index in [1.807, 2.05) is 0 Å². The molecule has 0 unspecified atom stereocenters. The van der Waals surface area contributed by atoms with Gasteiger partial charge in [-0.1, -0.05) is 29.3 Å². The smallest absolute Gasteiger partial charge is 0.322 e. The molecule has 0 spiro atoms. The zero-order chi connectivity index (χ0) is 11.3. The van der Waals surface area contributed by atoms with Gasteiger partial charge < -0.3 is 5.32 Å². The average molecular weight is 243 g/mol. The van der Waals surface area contributed by atoms with E-state index >= 15 is 0 Å². The Kier molecular flexibility index (Phi) is 4.41. The molecule has 0 radical (unpaired) electrons. The minimum Gasteiger partial charge on any atom is -0.343 e. The zero-order valence-corrected chi connectivity index (χ0v) is 9.27. The van der Waals surface area contributed by atoms with E-state index in [9.17, 15) is 4.79 Å². The molecule has 78 valence electrons. The Morgan fingerprint density at radius 3 is 2.80 bits per heavy atom. The Labute approximate surface area is 97.6 Å². The second kappa shape index (κ2) is 5.59. The van der Waals surface area contributed by atoms with Gasteiger partial charge in [0.2, 0.25) is 0 Å². The quantitative estimate of drug-likeness (QED) is 0.827. The maximum Gasteiger partial charge on any atom is 0.322 e. The number of carbonyl (C=O) groups excluding carboxylic acids is 1. The summed E-state index contributed by atoms with van der Waals surface area (Å²) < 4.78 is 0. The molecule has 0 aliphatic heterocycles. The summed E-state index contributed by atoms with van der Waals surface area (Å²) in [7, 11) is 0. The van der Waals surface area contributed by atoms with E-state index in [-0.39, 0.29) is 0 Å². The third-order valence-corrected chi connectivity index (χ3v) is 2.38. The first-order valence-electron chi connectivity index (χ1n) is 4.25. The van der Waals surface area contributed by atoms with E-state index in [0.29, 0.717) is 23.0 Å². The molecule has 1 aromatic rings. The molecule has 0 atom stereocenters. The molecule has 0 aliphatic rings. The van der Waals surface area contributed by atoms with Crippen molar-refractivity contribution in [3.8, 4) is 6.07 Å². The second-order valence-electron chi connectivity index (χ2n) is 2.85. The van der Waals surface area contributed by atoms with Gasteiger partial charge in [-0.25, -0.2) is 0 Å². The summed E-state index contributed by atoms with van der Waals surface area (Å²) in [6.07, 6.45) is 0.573. The fraction of sp³-hybridized carbons (Fsp3) is 0.200. The van der Waals surface area contributed by atoms with Crippen LogP contribution in [0.2, 0.25) is 10.0 Å². The Morgan fingerprint density at radius 1 is 1.47 bits per heavy atom. The number of hydrogen-bond acceptors (Lipinski definition) is 2. The van der Waals surface area contributed by atoms with E-state index in [1.165, 1.54) is 6.07 Å². The van der Waals surface area contributed by atoms with E-state index in [1.54, 1.807) is 18.2 Å². The Bertz CT molecular complexity index is 412. The Hall–Kier alpha value is -1.24. The lowest BCUT2D eigenvalue weighted by Crippen LogP contribution is -2.23. The number of nitrogens with one attached hydrogen (secondary N) is 1. The SMILES string of the molecule is N#CC(=O)NCCc1ccc(Cl)cc1Cl. The number of amides is 1. The van der Waals surface area contributed by atoms with E-state index in [4.69, 9.17) is 28.5 Å². The van der Waals surface area contributed by atoms with Gasteiger partial charge in [-0.2, -0.15) is 5.26 Å². The van der Waals surface area contributed by atoms with Crippen molar-refractivity contribution in [1.82, 2.24) is 5.32 Å². The summed E-state index contributed by atoms with van der Waals surface area (Å²) >= 11 is 11.6. The Morgan fingerprint density at radius 2 is 2.20 bits per heavy atom. The number of nitrogens with zero attached hydrogens (tertiary/aromatic N) is 1. The molecule has 1 aromatic carbocycles. The van der Waals surface area contributed by atoms with Crippen molar-refractivity contribution in [3.63, 3.8) is 0 Å². The molecule has 0 bridgehead atoms. The van der Waals surface area contributed by atoms with Crippen molar-refractivity contribution in [2.24, 2.45) is 0 Å². The monoisotopic (exact) mass is 242 g/mol. The van der Waals surface area contributed by atoms with Crippen LogP contribution in [0.5, 0.6) is 0 Å². The molecular formula is C10H8Cl2N2O. The van der Waals surface area contributed by atoms with Crippen LogP contribution >= 0.6 is 23.2 Å². The molecule has 0 saturated carbocycles. The number of carbonyl (C=O) groups is 1. The fourth-order valence-electron chi connectivity index (χ4n) is 1.07. The predicted molar refractivity (Wildman–Crippen MR) is 58.8 cm³/mol. The van der Waals surface area contributed by atoms with E-state index < -0.39 is 5.91 Å². The van der Waals surface area contributed by atoms with Gasteiger partial charge in [-0.3, -0.25) is 4.79 Å². The summed E-state index contributed by atoms with van der Waals surface area (Å²) in [6.45, 7) is 0.383. The molecule has 15 heavy (non-hydrogen) atoms. The predicted octanol–water partition coefficient (Wildman–Crippen LogP) is 2.18.